The molecule has 1 N–H and O–H groups in total. The van der Waals surface area contributed by atoms with Crippen molar-refractivity contribution in [3.63, 3.8) is 0 Å². The third-order valence-electron chi connectivity index (χ3n) is 4.46. The highest BCUT2D eigenvalue weighted by molar-refractivity contribution is 6.06. The Morgan fingerprint density at radius 3 is 2.52 bits per heavy atom. The quantitative estimate of drug-likeness (QED) is 0.570. The Morgan fingerprint density at radius 2 is 1.78 bits per heavy atom. The number of aromatic nitrogens is 2. The number of nitrogens with one attached hydrogen (secondary N) is 1. The molecule has 0 aliphatic heterocycles. The lowest BCUT2D eigenvalue weighted by Crippen LogP contribution is -2.12. The van der Waals surface area contributed by atoms with Crippen LogP contribution in [0.3, 0.4) is 0 Å². The zero-order chi connectivity index (χ0) is 18.8. The van der Waals surface area contributed by atoms with Crippen LogP contribution in [0, 0.1) is 12.7 Å². The molecule has 0 saturated carbocycles. The molecule has 1 aromatic heterocycles. The van der Waals surface area contributed by atoms with Gasteiger partial charge >= 0.3 is 0 Å². The fourth-order valence-corrected chi connectivity index (χ4v) is 2.94. The van der Waals surface area contributed by atoms with Gasteiger partial charge in [-0.1, -0.05) is 35.9 Å². The van der Waals surface area contributed by atoms with Gasteiger partial charge in [0.05, 0.1) is 18.3 Å². The summed E-state index contributed by atoms with van der Waals surface area (Å²) in [5.74, 6) is -0.582. The molecular weight excluding hydrogens is 341 g/mol. The van der Waals surface area contributed by atoms with Crippen molar-refractivity contribution in [1.82, 2.24) is 9.78 Å². The number of benzene rings is 3. The number of carbonyl (C=O) groups excluding carboxylic acids is 1. The first-order valence-electron chi connectivity index (χ1n) is 8.66. The van der Waals surface area contributed by atoms with Crippen LogP contribution in [-0.2, 0) is 6.54 Å². The van der Waals surface area contributed by atoms with E-state index in [0.717, 1.165) is 16.5 Å². The van der Waals surface area contributed by atoms with E-state index in [1.807, 2.05) is 16.8 Å². The fraction of sp³-hybridized carbons (Fsp3) is 0.0909. The number of halogens is 1. The van der Waals surface area contributed by atoms with Crippen molar-refractivity contribution in [2.45, 2.75) is 13.5 Å². The van der Waals surface area contributed by atoms with Crippen LogP contribution in [0.25, 0.3) is 10.9 Å². The van der Waals surface area contributed by atoms with Crippen LogP contribution in [0.5, 0.6) is 0 Å². The highest BCUT2D eigenvalue weighted by Gasteiger charge is 2.10. The van der Waals surface area contributed by atoms with Crippen molar-refractivity contribution in [2.75, 3.05) is 5.32 Å². The molecular formula is C22H18FN3O. The summed E-state index contributed by atoms with van der Waals surface area (Å²) in [6, 6.07) is 19.5. The summed E-state index contributed by atoms with van der Waals surface area (Å²) in [5.41, 5.74) is 4.32. The molecule has 0 atom stereocenters. The van der Waals surface area contributed by atoms with Crippen molar-refractivity contribution in [2.24, 2.45) is 0 Å². The van der Waals surface area contributed by atoms with Crippen molar-refractivity contribution in [3.8, 4) is 0 Å². The van der Waals surface area contributed by atoms with E-state index in [-0.39, 0.29) is 11.7 Å². The van der Waals surface area contributed by atoms with Gasteiger partial charge in [0, 0.05) is 16.6 Å². The van der Waals surface area contributed by atoms with Crippen LogP contribution >= 0.6 is 0 Å². The minimum atomic E-state index is -0.338. The van der Waals surface area contributed by atoms with Crippen LogP contribution < -0.4 is 5.32 Å². The molecule has 1 amide bonds. The number of aryl methyl sites for hydroxylation is 1. The Kier molecular flexibility index (Phi) is 4.42. The lowest BCUT2D eigenvalue weighted by Gasteiger charge is -2.07. The van der Waals surface area contributed by atoms with E-state index in [1.54, 1.807) is 12.3 Å². The summed E-state index contributed by atoms with van der Waals surface area (Å²) in [6.07, 6.45) is 1.80. The lowest BCUT2D eigenvalue weighted by molar-refractivity contribution is 0.102. The van der Waals surface area contributed by atoms with Crippen LogP contribution in [-0.4, -0.2) is 15.7 Å². The van der Waals surface area contributed by atoms with Crippen molar-refractivity contribution in [1.29, 1.82) is 0 Å². The maximum absolute atomic E-state index is 13.0. The van der Waals surface area contributed by atoms with Gasteiger partial charge in [0.15, 0.2) is 0 Å². The average Bonchev–Trinajstić information content (AvgIpc) is 3.07. The number of amides is 1. The summed E-state index contributed by atoms with van der Waals surface area (Å²) in [5, 5.41) is 8.21. The van der Waals surface area contributed by atoms with Gasteiger partial charge in [0.25, 0.3) is 5.91 Å². The first-order chi connectivity index (χ1) is 13.1. The molecule has 0 aliphatic carbocycles. The number of carbonyl (C=O) groups is 1. The highest BCUT2D eigenvalue weighted by atomic mass is 19.1. The van der Waals surface area contributed by atoms with Gasteiger partial charge in [-0.2, -0.15) is 5.10 Å². The third kappa shape index (κ3) is 3.72. The predicted octanol–water partition coefficient (Wildman–Crippen LogP) is 4.78. The smallest absolute Gasteiger partial charge is 0.255 e. The zero-order valence-corrected chi connectivity index (χ0v) is 14.8. The zero-order valence-electron chi connectivity index (χ0n) is 14.8. The molecule has 0 bridgehead atoms. The first kappa shape index (κ1) is 17.0. The molecule has 0 spiro atoms. The van der Waals surface area contributed by atoms with E-state index < -0.39 is 0 Å². The van der Waals surface area contributed by atoms with Crippen LogP contribution in [0.4, 0.5) is 10.1 Å². The first-order valence-corrected chi connectivity index (χ1v) is 8.66. The number of fused-ring (bicyclic) bond motifs is 1. The molecule has 134 valence electrons. The van der Waals surface area contributed by atoms with Gasteiger partial charge < -0.3 is 5.32 Å². The van der Waals surface area contributed by atoms with Crippen LogP contribution in [0.15, 0.2) is 72.9 Å². The van der Waals surface area contributed by atoms with Gasteiger partial charge in [-0.05, 0) is 48.9 Å². The molecule has 5 heteroatoms. The maximum atomic E-state index is 13.0. The predicted molar refractivity (Wildman–Crippen MR) is 104 cm³/mol. The SMILES string of the molecule is Cc1ccc(Cn2ncc3ccc(C(=O)Nc4ccc(F)cc4)cc32)cc1. The standard InChI is InChI=1S/C22H18FN3O/c1-15-2-4-16(5-3-15)14-26-21-12-17(6-7-18(21)13-24-26)22(27)25-20-10-8-19(23)9-11-20/h2-13H,14H2,1H3,(H,25,27). The largest absolute Gasteiger partial charge is 0.322 e. The molecule has 0 saturated heterocycles. The Balaban J connectivity index is 1.60. The summed E-state index contributed by atoms with van der Waals surface area (Å²) < 4.78 is 14.9. The van der Waals surface area contributed by atoms with Gasteiger partial charge in [0.2, 0.25) is 0 Å². The molecule has 0 radical (unpaired) electrons. The molecule has 27 heavy (non-hydrogen) atoms. The molecule has 0 fully saturated rings. The number of rotatable bonds is 4. The number of hydrogen-bond donors (Lipinski definition) is 1. The second-order valence-electron chi connectivity index (χ2n) is 6.52. The van der Waals surface area contributed by atoms with Crippen molar-refractivity contribution >= 4 is 22.5 Å². The van der Waals surface area contributed by atoms with Gasteiger partial charge in [-0.25, -0.2) is 4.39 Å². The number of nitrogens with zero attached hydrogens (tertiary/aromatic N) is 2. The second kappa shape index (κ2) is 7.03. The minimum Gasteiger partial charge on any atom is -0.322 e. The Labute approximate surface area is 156 Å². The summed E-state index contributed by atoms with van der Waals surface area (Å²) in [6.45, 7) is 2.69. The number of hydrogen-bond acceptors (Lipinski definition) is 2. The lowest BCUT2D eigenvalue weighted by atomic mass is 10.1. The van der Waals surface area contributed by atoms with E-state index >= 15 is 0 Å². The van der Waals surface area contributed by atoms with Crippen LogP contribution in [0.2, 0.25) is 0 Å². The molecule has 1 heterocycles. The maximum Gasteiger partial charge on any atom is 0.255 e. The third-order valence-corrected chi connectivity index (χ3v) is 4.46. The highest BCUT2D eigenvalue weighted by Crippen LogP contribution is 2.19. The average molecular weight is 359 g/mol. The molecule has 0 unspecified atom stereocenters. The monoisotopic (exact) mass is 359 g/mol. The minimum absolute atomic E-state index is 0.244. The molecule has 4 nitrogen and oxygen atoms in total. The van der Waals surface area contributed by atoms with E-state index in [9.17, 15) is 9.18 Å². The van der Waals surface area contributed by atoms with Gasteiger partial charge in [-0.3, -0.25) is 9.48 Å². The topological polar surface area (TPSA) is 46.9 Å². The van der Waals surface area contributed by atoms with E-state index in [4.69, 9.17) is 0 Å². The summed E-state index contributed by atoms with van der Waals surface area (Å²) >= 11 is 0. The summed E-state index contributed by atoms with van der Waals surface area (Å²) in [7, 11) is 0. The Bertz CT molecular complexity index is 1100. The molecule has 4 rings (SSSR count). The Hall–Kier alpha value is -3.47. The van der Waals surface area contributed by atoms with Crippen molar-refractivity contribution < 1.29 is 9.18 Å². The van der Waals surface area contributed by atoms with E-state index in [2.05, 4.69) is 41.6 Å². The van der Waals surface area contributed by atoms with E-state index in [1.165, 1.54) is 29.8 Å². The fourth-order valence-electron chi connectivity index (χ4n) is 2.94. The summed E-state index contributed by atoms with van der Waals surface area (Å²) in [4.78, 5) is 12.5. The molecule has 3 aromatic carbocycles. The van der Waals surface area contributed by atoms with Crippen molar-refractivity contribution in [3.05, 3.63) is 95.4 Å². The number of anilines is 1. The molecule has 0 aliphatic rings. The van der Waals surface area contributed by atoms with Gasteiger partial charge in [0.1, 0.15) is 5.82 Å². The molecule has 4 aromatic rings. The second-order valence-corrected chi connectivity index (χ2v) is 6.52. The van der Waals surface area contributed by atoms with Gasteiger partial charge in [-0.15, -0.1) is 0 Å². The van der Waals surface area contributed by atoms with Crippen LogP contribution in [0.1, 0.15) is 21.5 Å². The normalized spacial score (nSPS) is 10.9. The van der Waals surface area contributed by atoms with E-state index in [0.29, 0.717) is 17.8 Å². The Morgan fingerprint density at radius 1 is 1.04 bits per heavy atom.